The largest absolute Gasteiger partial charge is 0.466 e. The van der Waals surface area contributed by atoms with E-state index in [1.54, 1.807) is 0 Å². The lowest BCUT2D eigenvalue weighted by Crippen LogP contribution is -2.55. The first-order valence-electron chi connectivity index (χ1n) is 10.9. The first-order valence-corrected chi connectivity index (χ1v) is 10.9. The first-order chi connectivity index (χ1) is 14.8. The fraction of sp³-hybridized carbons (Fsp3) is 0.308. The van der Waals surface area contributed by atoms with E-state index in [-0.39, 0.29) is 11.8 Å². The van der Waals surface area contributed by atoms with E-state index < -0.39 is 0 Å². The number of hydrazone groups is 1. The smallest absolute Gasteiger partial charge is 0.198 e. The van der Waals surface area contributed by atoms with Gasteiger partial charge in [0.25, 0.3) is 0 Å². The van der Waals surface area contributed by atoms with Gasteiger partial charge < -0.3 is 4.74 Å². The molecule has 2 aliphatic heterocycles. The zero-order chi connectivity index (χ0) is 20.0. The Bertz CT molecular complexity index is 1070. The summed E-state index contributed by atoms with van der Waals surface area (Å²) >= 11 is 0. The van der Waals surface area contributed by atoms with Crippen LogP contribution in [0, 0.1) is 0 Å². The SMILES string of the molecule is c1ccc(C2CCC3(CC2)Oc2ccccc2[C@H]2CC(c4ccncc4)=NN23)cc1. The molecule has 30 heavy (non-hydrogen) atoms. The molecule has 1 aliphatic carbocycles. The second kappa shape index (κ2) is 6.98. The summed E-state index contributed by atoms with van der Waals surface area (Å²) < 4.78 is 6.75. The monoisotopic (exact) mass is 395 g/mol. The van der Waals surface area contributed by atoms with Crippen molar-refractivity contribution in [3.8, 4) is 5.75 Å². The van der Waals surface area contributed by atoms with Gasteiger partial charge in [0.1, 0.15) is 5.75 Å². The van der Waals surface area contributed by atoms with Crippen LogP contribution in [0.1, 0.15) is 60.8 Å². The molecule has 0 radical (unpaired) electrons. The van der Waals surface area contributed by atoms with E-state index in [0.29, 0.717) is 5.92 Å². The molecule has 3 aliphatic rings. The van der Waals surface area contributed by atoms with Crippen molar-refractivity contribution < 1.29 is 4.74 Å². The molecule has 0 bridgehead atoms. The zero-order valence-corrected chi connectivity index (χ0v) is 16.9. The fourth-order valence-electron chi connectivity index (χ4n) is 5.41. The summed E-state index contributed by atoms with van der Waals surface area (Å²) in [5.74, 6) is 1.63. The van der Waals surface area contributed by atoms with E-state index in [9.17, 15) is 0 Å². The Labute approximate surface area is 177 Å². The molecule has 0 N–H and O–H groups in total. The average Bonchev–Trinajstić information content (AvgIpc) is 3.28. The van der Waals surface area contributed by atoms with Gasteiger partial charge in [-0.15, -0.1) is 0 Å². The molecule has 1 spiro atoms. The van der Waals surface area contributed by atoms with Crippen molar-refractivity contribution in [2.24, 2.45) is 5.10 Å². The van der Waals surface area contributed by atoms with Crippen LogP contribution < -0.4 is 4.74 Å². The third-order valence-corrected chi connectivity index (χ3v) is 6.96. The van der Waals surface area contributed by atoms with Crippen molar-refractivity contribution >= 4 is 5.71 Å². The summed E-state index contributed by atoms with van der Waals surface area (Å²) in [6, 6.07) is 23.8. The van der Waals surface area contributed by atoms with Gasteiger partial charge in [-0.25, -0.2) is 5.01 Å². The molecule has 1 atom stereocenters. The summed E-state index contributed by atoms with van der Waals surface area (Å²) in [7, 11) is 0. The zero-order valence-electron chi connectivity index (χ0n) is 16.9. The summed E-state index contributed by atoms with van der Waals surface area (Å²) in [6.07, 6.45) is 8.83. The Kier molecular flexibility index (Phi) is 4.12. The lowest BCUT2D eigenvalue weighted by Gasteiger charge is -2.50. The number of nitrogens with zero attached hydrogens (tertiary/aromatic N) is 3. The number of rotatable bonds is 2. The fourth-order valence-corrected chi connectivity index (χ4v) is 5.41. The molecule has 4 nitrogen and oxygen atoms in total. The van der Waals surface area contributed by atoms with E-state index in [1.807, 2.05) is 12.4 Å². The second-order valence-corrected chi connectivity index (χ2v) is 8.62. The lowest BCUT2D eigenvalue weighted by atomic mass is 9.78. The number of para-hydroxylation sites is 1. The highest BCUT2D eigenvalue weighted by atomic mass is 16.5. The Hall–Kier alpha value is -3.14. The van der Waals surface area contributed by atoms with Gasteiger partial charge in [-0.3, -0.25) is 4.98 Å². The quantitative estimate of drug-likeness (QED) is 0.560. The predicted octanol–water partition coefficient (Wildman–Crippen LogP) is 5.68. The number of benzene rings is 2. The van der Waals surface area contributed by atoms with Crippen LogP contribution in [-0.4, -0.2) is 21.4 Å². The number of ether oxygens (including phenoxy) is 1. The average molecular weight is 396 g/mol. The standard InChI is InChI=1S/C26H25N3O/c1-2-6-19(7-3-1)20-10-14-26(15-11-20)29-24(22-8-4-5-9-25(22)30-26)18-23(28-29)21-12-16-27-17-13-21/h1-9,12-13,16-17,20,24H,10-11,14-15,18H2/t20?,24-,26?/m1/s1. The van der Waals surface area contributed by atoms with Gasteiger partial charge in [0, 0.05) is 42.8 Å². The van der Waals surface area contributed by atoms with E-state index in [0.717, 1.165) is 49.1 Å². The molecule has 6 rings (SSSR count). The van der Waals surface area contributed by atoms with Crippen LogP contribution in [-0.2, 0) is 0 Å². The molecule has 0 unspecified atom stereocenters. The van der Waals surface area contributed by atoms with Crippen LogP contribution in [0.25, 0.3) is 0 Å². The van der Waals surface area contributed by atoms with E-state index >= 15 is 0 Å². The lowest BCUT2D eigenvalue weighted by molar-refractivity contribution is -0.142. The molecule has 4 heteroatoms. The molecule has 0 amide bonds. The van der Waals surface area contributed by atoms with Crippen molar-refractivity contribution in [2.45, 2.75) is 49.8 Å². The van der Waals surface area contributed by atoms with Crippen LogP contribution >= 0.6 is 0 Å². The summed E-state index contributed by atoms with van der Waals surface area (Å²) in [4.78, 5) is 4.17. The number of aromatic nitrogens is 1. The maximum absolute atomic E-state index is 6.75. The predicted molar refractivity (Wildman–Crippen MR) is 117 cm³/mol. The highest BCUT2D eigenvalue weighted by Gasteiger charge is 2.51. The van der Waals surface area contributed by atoms with Gasteiger partial charge in [0.05, 0.1) is 11.8 Å². The summed E-state index contributed by atoms with van der Waals surface area (Å²) in [5, 5.41) is 7.45. The highest BCUT2D eigenvalue weighted by Crippen LogP contribution is 2.52. The maximum atomic E-state index is 6.75. The maximum Gasteiger partial charge on any atom is 0.198 e. The molecular formula is C26H25N3O. The molecule has 1 saturated carbocycles. The van der Waals surface area contributed by atoms with Gasteiger partial charge in [0.2, 0.25) is 0 Å². The van der Waals surface area contributed by atoms with Crippen LogP contribution in [0.2, 0.25) is 0 Å². The Morgan fingerprint density at radius 1 is 0.867 bits per heavy atom. The summed E-state index contributed by atoms with van der Waals surface area (Å²) in [6.45, 7) is 0. The minimum absolute atomic E-state index is 0.242. The number of pyridine rings is 1. The number of fused-ring (bicyclic) bond motifs is 4. The molecule has 0 saturated heterocycles. The minimum atomic E-state index is -0.348. The Morgan fingerprint density at radius 2 is 1.60 bits per heavy atom. The molecular weight excluding hydrogens is 370 g/mol. The van der Waals surface area contributed by atoms with Crippen LogP contribution in [0.3, 0.4) is 0 Å². The first kappa shape index (κ1) is 17.7. The Balaban J connectivity index is 1.35. The number of hydrogen-bond donors (Lipinski definition) is 0. The van der Waals surface area contributed by atoms with Gasteiger partial charge in [-0.1, -0.05) is 48.5 Å². The van der Waals surface area contributed by atoms with E-state index in [2.05, 4.69) is 76.7 Å². The topological polar surface area (TPSA) is 37.7 Å². The third-order valence-electron chi connectivity index (χ3n) is 6.96. The van der Waals surface area contributed by atoms with Gasteiger partial charge in [-0.05, 0) is 42.5 Å². The molecule has 150 valence electrons. The van der Waals surface area contributed by atoms with Crippen molar-refractivity contribution in [2.75, 3.05) is 0 Å². The molecule has 3 aromatic rings. The van der Waals surface area contributed by atoms with Crippen molar-refractivity contribution in [1.82, 2.24) is 9.99 Å². The van der Waals surface area contributed by atoms with Crippen LogP contribution in [0.5, 0.6) is 5.75 Å². The molecule has 1 fully saturated rings. The molecule has 3 heterocycles. The Morgan fingerprint density at radius 3 is 2.40 bits per heavy atom. The van der Waals surface area contributed by atoms with Gasteiger partial charge in [0.15, 0.2) is 5.72 Å². The van der Waals surface area contributed by atoms with E-state index in [4.69, 9.17) is 9.84 Å². The number of hydrogen-bond acceptors (Lipinski definition) is 4. The second-order valence-electron chi connectivity index (χ2n) is 8.62. The van der Waals surface area contributed by atoms with Gasteiger partial charge >= 0.3 is 0 Å². The van der Waals surface area contributed by atoms with Crippen LogP contribution in [0.15, 0.2) is 84.2 Å². The van der Waals surface area contributed by atoms with Crippen molar-refractivity contribution in [3.63, 3.8) is 0 Å². The van der Waals surface area contributed by atoms with Gasteiger partial charge in [-0.2, -0.15) is 5.10 Å². The minimum Gasteiger partial charge on any atom is -0.466 e. The summed E-state index contributed by atoms with van der Waals surface area (Å²) in [5.41, 5.74) is 4.64. The normalized spacial score (nSPS) is 27.2. The van der Waals surface area contributed by atoms with Crippen LogP contribution in [0.4, 0.5) is 0 Å². The highest BCUT2D eigenvalue weighted by molar-refractivity contribution is 6.01. The molecule has 2 aromatic carbocycles. The molecule has 1 aromatic heterocycles. The van der Waals surface area contributed by atoms with Crippen molar-refractivity contribution in [1.29, 1.82) is 0 Å². The third kappa shape index (κ3) is 2.82. The van der Waals surface area contributed by atoms with E-state index in [1.165, 1.54) is 11.1 Å². The van der Waals surface area contributed by atoms with Crippen molar-refractivity contribution in [3.05, 3.63) is 95.8 Å².